The summed E-state index contributed by atoms with van der Waals surface area (Å²) < 4.78 is 10.8. The third-order valence-corrected chi connectivity index (χ3v) is 4.86. The molecular formula is C18H17NO6S. The molecule has 2 heterocycles. The highest BCUT2D eigenvalue weighted by Gasteiger charge is 2.42. The van der Waals surface area contributed by atoms with Gasteiger partial charge in [-0.2, -0.15) is 11.3 Å². The molecular weight excluding hydrogens is 358 g/mol. The molecule has 1 aromatic heterocycles. The van der Waals surface area contributed by atoms with Crippen LogP contribution in [0.25, 0.3) is 0 Å². The van der Waals surface area contributed by atoms with Gasteiger partial charge in [-0.15, -0.1) is 0 Å². The van der Waals surface area contributed by atoms with E-state index in [1.807, 2.05) is 6.92 Å². The van der Waals surface area contributed by atoms with Gasteiger partial charge in [-0.1, -0.05) is 6.07 Å². The van der Waals surface area contributed by atoms with E-state index in [1.54, 1.807) is 29.0 Å². The molecule has 0 spiro atoms. The normalized spacial score (nSPS) is 14.3. The molecule has 2 amide bonds. The molecule has 0 radical (unpaired) electrons. The van der Waals surface area contributed by atoms with Gasteiger partial charge in [0.25, 0.3) is 11.8 Å². The average Bonchev–Trinajstić information content (AvgIpc) is 3.18. The smallest absolute Gasteiger partial charge is 0.305 e. The molecule has 0 fully saturated rings. The van der Waals surface area contributed by atoms with Crippen molar-refractivity contribution in [2.24, 2.45) is 0 Å². The lowest BCUT2D eigenvalue weighted by Crippen LogP contribution is -2.35. The van der Waals surface area contributed by atoms with Gasteiger partial charge in [0.1, 0.15) is 0 Å². The van der Waals surface area contributed by atoms with Gasteiger partial charge in [0, 0.05) is 10.8 Å². The lowest BCUT2D eigenvalue weighted by atomic mass is 10.0. The number of carbonyl (C=O) groups is 3. The maximum Gasteiger partial charge on any atom is 0.305 e. The minimum atomic E-state index is -1.11. The predicted molar refractivity (Wildman–Crippen MR) is 94.0 cm³/mol. The highest BCUT2D eigenvalue weighted by atomic mass is 32.1. The molecule has 7 nitrogen and oxygen atoms in total. The Bertz CT molecular complexity index is 844. The molecule has 3 rings (SSSR count). The molecule has 0 saturated heterocycles. The Hall–Kier alpha value is -2.87. The molecule has 8 heteroatoms. The number of carboxylic acids is 1. The summed E-state index contributed by atoms with van der Waals surface area (Å²) in [6.07, 6.45) is -0.400. The van der Waals surface area contributed by atoms with E-state index in [2.05, 4.69) is 0 Å². The Morgan fingerprint density at radius 2 is 1.85 bits per heavy atom. The van der Waals surface area contributed by atoms with E-state index in [1.165, 1.54) is 18.4 Å². The van der Waals surface area contributed by atoms with Crippen molar-refractivity contribution >= 4 is 29.1 Å². The first kappa shape index (κ1) is 17.9. The van der Waals surface area contributed by atoms with Crippen molar-refractivity contribution in [2.45, 2.75) is 19.4 Å². The summed E-state index contributed by atoms with van der Waals surface area (Å²) in [5.41, 5.74) is 1.12. The van der Waals surface area contributed by atoms with Crippen molar-refractivity contribution in [3.63, 3.8) is 0 Å². The summed E-state index contributed by atoms with van der Waals surface area (Å²) >= 11 is 1.27. The van der Waals surface area contributed by atoms with E-state index in [4.69, 9.17) is 9.47 Å². The zero-order chi connectivity index (χ0) is 18.8. The quantitative estimate of drug-likeness (QED) is 0.748. The Balaban J connectivity index is 2.02. The van der Waals surface area contributed by atoms with Crippen LogP contribution in [0.2, 0.25) is 0 Å². The number of imide groups is 1. The van der Waals surface area contributed by atoms with Crippen molar-refractivity contribution in [1.29, 1.82) is 0 Å². The van der Waals surface area contributed by atoms with Crippen LogP contribution in [0.4, 0.5) is 0 Å². The maximum absolute atomic E-state index is 12.7. The first-order valence-corrected chi connectivity index (χ1v) is 8.88. The van der Waals surface area contributed by atoms with Crippen molar-refractivity contribution in [3.05, 3.63) is 45.6 Å². The van der Waals surface area contributed by atoms with Gasteiger partial charge in [0.05, 0.1) is 37.3 Å². The zero-order valence-corrected chi connectivity index (χ0v) is 15.0. The predicted octanol–water partition coefficient (Wildman–Crippen LogP) is 2.97. The molecule has 136 valence electrons. The molecule has 1 unspecified atom stereocenters. The molecule has 0 bridgehead atoms. The monoisotopic (exact) mass is 375 g/mol. The first-order valence-electron chi connectivity index (χ1n) is 7.94. The van der Waals surface area contributed by atoms with Crippen LogP contribution in [-0.2, 0) is 4.79 Å². The summed E-state index contributed by atoms with van der Waals surface area (Å²) in [6, 6.07) is 3.96. The molecule has 1 aromatic carbocycles. The number of hydrogen-bond donors (Lipinski definition) is 1. The number of hydrogen-bond acceptors (Lipinski definition) is 6. The van der Waals surface area contributed by atoms with Crippen LogP contribution in [0.3, 0.4) is 0 Å². The molecule has 1 N–H and O–H groups in total. The fourth-order valence-electron chi connectivity index (χ4n) is 2.95. The van der Waals surface area contributed by atoms with Gasteiger partial charge in [0.15, 0.2) is 11.5 Å². The minimum Gasteiger partial charge on any atom is -0.493 e. The third-order valence-electron chi connectivity index (χ3n) is 4.11. The van der Waals surface area contributed by atoms with E-state index >= 15 is 0 Å². The van der Waals surface area contributed by atoms with Crippen LogP contribution in [0, 0.1) is 0 Å². The number of carboxylic acid groups (broad SMARTS) is 1. The van der Waals surface area contributed by atoms with E-state index in [9.17, 15) is 19.5 Å². The van der Waals surface area contributed by atoms with E-state index < -0.39 is 30.2 Å². The molecule has 2 aromatic rings. The Labute approximate surface area is 153 Å². The molecule has 0 saturated carbocycles. The lowest BCUT2D eigenvalue weighted by Gasteiger charge is -2.26. The highest BCUT2D eigenvalue weighted by Crippen LogP contribution is 2.38. The summed E-state index contributed by atoms with van der Waals surface area (Å²) in [5.74, 6) is -1.16. The fourth-order valence-corrected chi connectivity index (χ4v) is 3.75. The first-order chi connectivity index (χ1) is 12.5. The van der Waals surface area contributed by atoms with Crippen LogP contribution in [0.15, 0.2) is 29.0 Å². The van der Waals surface area contributed by atoms with Gasteiger partial charge in [-0.25, -0.2) is 0 Å². The number of aliphatic carboxylic acids is 1. The maximum atomic E-state index is 12.7. The zero-order valence-electron chi connectivity index (χ0n) is 14.2. The fraction of sp³-hybridized carbons (Fsp3) is 0.278. The Morgan fingerprint density at radius 1 is 1.19 bits per heavy atom. The summed E-state index contributed by atoms with van der Waals surface area (Å²) in [6.45, 7) is 2.28. The summed E-state index contributed by atoms with van der Waals surface area (Å²) in [7, 11) is 1.47. The molecule has 1 atom stereocenters. The van der Waals surface area contributed by atoms with E-state index in [0.717, 1.165) is 4.90 Å². The van der Waals surface area contributed by atoms with Crippen molar-refractivity contribution in [3.8, 4) is 11.5 Å². The number of thiophene rings is 1. The highest BCUT2D eigenvalue weighted by molar-refractivity contribution is 7.08. The van der Waals surface area contributed by atoms with Gasteiger partial charge < -0.3 is 14.6 Å². The molecule has 26 heavy (non-hydrogen) atoms. The van der Waals surface area contributed by atoms with Crippen molar-refractivity contribution in [2.75, 3.05) is 13.7 Å². The van der Waals surface area contributed by atoms with E-state index in [0.29, 0.717) is 34.8 Å². The number of amides is 2. The SMILES string of the molecule is CCOc1ccc(C(CC(=O)O)N2C(=O)c3cscc3C2=O)cc1OC. The van der Waals surface area contributed by atoms with Crippen molar-refractivity contribution < 1.29 is 29.0 Å². The van der Waals surface area contributed by atoms with Gasteiger partial charge in [-0.05, 0) is 24.6 Å². The van der Waals surface area contributed by atoms with Crippen LogP contribution >= 0.6 is 11.3 Å². The second-order valence-electron chi connectivity index (χ2n) is 5.64. The number of benzene rings is 1. The Kier molecular flexibility index (Phi) is 4.94. The van der Waals surface area contributed by atoms with Gasteiger partial charge >= 0.3 is 5.97 Å². The molecule has 1 aliphatic rings. The molecule has 0 aliphatic carbocycles. The van der Waals surface area contributed by atoms with Crippen LogP contribution < -0.4 is 9.47 Å². The number of fused-ring (bicyclic) bond motifs is 1. The topological polar surface area (TPSA) is 93.1 Å². The van der Waals surface area contributed by atoms with E-state index in [-0.39, 0.29) is 0 Å². The lowest BCUT2D eigenvalue weighted by molar-refractivity contribution is -0.138. The third kappa shape index (κ3) is 3.03. The van der Waals surface area contributed by atoms with Gasteiger partial charge in [-0.3, -0.25) is 19.3 Å². The van der Waals surface area contributed by atoms with Crippen molar-refractivity contribution in [1.82, 2.24) is 4.90 Å². The summed E-state index contributed by atoms with van der Waals surface area (Å²) in [5, 5.41) is 12.5. The van der Waals surface area contributed by atoms with Crippen LogP contribution in [-0.4, -0.2) is 41.5 Å². The number of nitrogens with zero attached hydrogens (tertiary/aromatic N) is 1. The van der Waals surface area contributed by atoms with Crippen LogP contribution in [0.1, 0.15) is 45.7 Å². The number of ether oxygens (including phenoxy) is 2. The average molecular weight is 375 g/mol. The van der Waals surface area contributed by atoms with Crippen LogP contribution in [0.5, 0.6) is 11.5 Å². The Morgan fingerprint density at radius 3 is 2.38 bits per heavy atom. The van der Waals surface area contributed by atoms with Gasteiger partial charge in [0.2, 0.25) is 0 Å². The molecule has 1 aliphatic heterocycles. The summed E-state index contributed by atoms with van der Waals surface area (Å²) in [4.78, 5) is 37.7. The number of carbonyl (C=O) groups excluding carboxylic acids is 2. The second-order valence-corrected chi connectivity index (χ2v) is 6.38. The standard InChI is InChI=1S/C18H17NO6S/c1-3-25-14-5-4-10(6-15(14)24-2)13(7-16(20)21)19-17(22)11-8-26-9-12(11)18(19)23/h4-6,8-9,13H,3,7H2,1-2H3,(H,20,21). The number of rotatable bonds is 7. The number of methoxy groups -OCH3 is 1. The largest absolute Gasteiger partial charge is 0.493 e. The second kappa shape index (κ2) is 7.17. The minimum absolute atomic E-state index is 0.313.